The third-order valence-electron chi connectivity index (χ3n) is 2.72. The highest BCUT2D eigenvalue weighted by atomic mass is 19.4. The Hall–Kier alpha value is -2.48. The van der Waals surface area contributed by atoms with Crippen LogP contribution < -0.4 is 5.73 Å². The molecule has 0 unspecified atom stereocenters. The molecule has 2 N–H and O–H groups in total. The van der Waals surface area contributed by atoms with Crippen molar-refractivity contribution in [2.24, 2.45) is 0 Å². The fourth-order valence-corrected chi connectivity index (χ4v) is 1.89. The minimum atomic E-state index is -4.63. The highest BCUT2D eigenvalue weighted by molar-refractivity contribution is 5.75. The minimum Gasteiger partial charge on any atom is -0.398 e. The third kappa shape index (κ3) is 2.38. The van der Waals surface area contributed by atoms with Gasteiger partial charge >= 0.3 is 6.18 Å². The van der Waals surface area contributed by atoms with Crippen LogP contribution in [0, 0.1) is 11.3 Å². The molecule has 0 aliphatic carbocycles. The van der Waals surface area contributed by atoms with Crippen molar-refractivity contribution in [1.82, 2.24) is 0 Å². The number of alkyl halides is 3. The highest BCUT2D eigenvalue weighted by Crippen LogP contribution is 2.40. The first-order valence-electron chi connectivity index (χ1n) is 5.40. The van der Waals surface area contributed by atoms with E-state index in [0.717, 1.165) is 0 Å². The molecule has 0 spiro atoms. The van der Waals surface area contributed by atoms with Gasteiger partial charge in [0.1, 0.15) is 6.07 Å². The van der Waals surface area contributed by atoms with Crippen LogP contribution in [0.2, 0.25) is 0 Å². The number of nitriles is 1. The summed E-state index contributed by atoms with van der Waals surface area (Å²) in [4.78, 5) is 0. The Morgan fingerprint density at radius 1 is 1.00 bits per heavy atom. The first-order valence-corrected chi connectivity index (χ1v) is 5.40. The van der Waals surface area contributed by atoms with Crippen LogP contribution in [0.4, 0.5) is 18.9 Å². The van der Waals surface area contributed by atoms with Gasteiger partial charge in [0.05, 0.1) is 16.8 Å². The molecular weight excluding hydrogens is 253 g/mol. The van der Waals surface area contributed by atoms with E-state index in [1.165, 1.54) is 18.2 Å². The number of hydrogen-bond donors (Lipinski definition) is 1. The van der Waals surface area contributed by atoms with Crippen LogP contribution in [0.1, 0.15) is 11.1 Å². The van der Waals surface area contributed by atoms with Gasteiger partial charge in [-0.2, -0.15) is 18.4 Å². The SMILES string of the molecule is N#Cc1c(N)ccc(-c2ccccc2)c1C(F)(F)F. The van der Waals surface area contributed by atoms with E-state index in [9.17, 15) is 13.2 Å². The molecule has 0 aromatic heterocycles. The number of hydrogen-bond acceptors (Lipinski definition) is 2. The van der Waals surface area contributed by atoms with E-state index < -0.39 is 17.3 Å². The standard InChI is InChI=1S/C14H9F3N2/c15-14(16,17)13-10(9-4-2-1-3-5-9)6-7-12(19)11(13)8-18/h1-7H,19H2. The van der Waals surface area contributed by atoms with Gasteiger partial charge < -0.3 is 5.73 Å². The lowest BCUT2D eigenvalue weighted by molar-refractivity contribution is -0.137. The number of nitrogens with zero attached hydrogens (tertiary/aromatic N) is 1. The van der Waals surface area contributed by atoms with Crippen molar-refractivity contribution < 1.29 is 13.2 Å². The second kappa shape index (κ2) is 4.65. The Morgan fingerprint density at radius 2 is 1.63 bits per heavy atom. The lowest BCUT2D eigenvalue weighted by Gasteiger charge is -2.16. The van der Waals surface area contributed by atoms with Crippen LogP contribution in [-0.2, 0) is 6.18 Å². The lowest BCUT2D eigenvalue weighted by Crippen LogP contribution is -2.12. The normalized spacial score (nSPS) is 11.1. The van der Waals surface area contributed by atoms with Crippen molar-refractivity contribution in [2.45, 2.75) is 6.18 Å². The average molecular weight is 262 g/mol. The summed E-state index contributed by atoms with van der Waals surface area (Å²) < 4.78 is 39.5. The lowest BCUT2D eigenvalue weighted by atomic mass is 9.94. The van der Waals surface area contributed by atoms with Crippen LogP contribution >= 0.6 is 0 Å². The van der Waals surface area contributed by atoms with E-state index in [0.29, 0.717) is 5.56 Å². The van der Waals surface area contributed by atoms with Crippen molar-refractivity contribution in [1.29, 1.82) is 5.26 Å². The smallest absolute Gasteiger partial charge is 0.398 e. The molecule has 0 aliphatic heterocycles. The monoisotopic (exact) mass is 262 g/mol. The Labute approximate surface area is 107 Å². The van der Waals surface area contributed by atoms with Gasteiger partial charge in [-0.05, 0) is 17.2 Å². The summed E-state index contributed by atoms with van der Waals surface area (Å²) in [6.07, 6.45) is -4.63. The fraction of sp³-hybridized carbons (Fsp3) is 0.0714. The van der Waals surface area contributed by atoms with Crippen LogP contribution in [0.15, 0.2) is 42.5 Å². The van der Waals surface area contributed by atoms with Crippen molar-refractivity contribution in [3.8, 4) is 17.2 Å². The zero-order valence-electron chi connectivity index (χ0n) is 9.70. The molecule has 0 atom stereocenters. The van der Waals surface area contributed by atoms with Gasteiger partial charge in [-0.15, -0.1) is 0 Å². The summed E-state index contributed by atoms with van der Waals surface area (Å²) in [5.41, 5.74) is 4.11. The first-order chi connectivity index (χ1) is 8.95. The molecule has 2 nitrogen and oxygen atoms in total. The Morgan fingerprint density at radius 3 is 2.16 bits per heavy atom. The van der Waals surface area contributed by atoms with E-state index in [2.05, 4.69) is 0 Å². The number of anilines is 1. The quantitative estimate of drug-likeness (QED) is 0.794. The highest BCUT2D eigenvalue weighted by Gasteiger charge is 2.37. The molecule has 0 saturated heterocycles. The Balaban J connectivity index is 2.80. The number of nitrogens with two attached hydrogens (primary N) is 1. The zero-order chi connectivity index (χ0) is 14.0. The van der Waals surface area contributed by atoms with Crippen molar-refractivity contribution in [3.05, 3.63) is 53.6 Å². The van der Waals surface area contributed by atoms with E-state index >= 15 is 0 Å². The van der Waals surface area contributed by atoms with Crippen LogP contribution in [-0.4, -0.2) is 0 Å². The van der Waals surface area contributed by atoms with E-state index in [4.69, 9.17) is 11.0 Å². The molecular formula is C14H9F3N2. The first kappa shape index (κ1) is 13.0. The van der Waals surface area contributed by atoms with E-state index in [1.54, 1.807) is 30.3 Å². The van der Waals surface area contributed by atoms with Crippen LogP contribution in [0.3, 0.4) is 0 Å². The van der Waals surface area contributed by atoms with Crippen molar-refractivity contribution >= 4 is 5.69 Å². The second-order valence-corrected chi connectivity index (χ2v) is 3.93. The summed E-state index contributed by atoms with van der Waals surface area (Å²) in [6.45, 7) is 0. The van der Waals surface area contributed by atoms with Crippen LogP contribution in [0.25, 0.3) is 11.1 Å². The minimum absolute atomic E-state index is 0.0427. The summed E-state index contributed by atoms with van der Waals surface area (Å²) in [6, 6.07) is 12.2. The summed E-state index contributed by atoms with van der Waals surface area (Å²) in [7, 11) is 0. The van der Waals surface area contributed by atoms with Gasteiger partial charge in [0.15, 0.2) is 0 Å². The molecule has 2 aromatic rings. The maximum atomic E-state index is 13.2. The molecule has 0 amide bonds. The zero-order valence-corrected chi connectivity index (χ0v) is 9.70. The maximum absolute atomic E-state index is 13.2. The number of halogens is 3. The predicted octanol–water partition coefficient (Wildman–Crippen LogP) is 3.83. The summed E-state index contributed by atoms with van der Waals surface area (Å²) in [5, 5.41) is 8.90. The Kier molecular flexibility index (Phi) is 3.17. The maximum Gasteiger partial charge on any atom is 0.418 e. The van der Waals surface area contributed by atoms with Gasteiger partial charge in [0, 0.05) is 0 Å². The third-order valence-corrected chi connectivity index (χ3v) is 2.72. The number of benzene rings is 2. The molecule has 0 heterocycles. The molecule has 0 aliphatic rings. The molecule has 0 bridgehead atoms. The second-order valence-electron chi connectivity index (χ2n) is 3.93. The van der Waals surface area contributed by atoms with Gasteiger partial charge in [-0.1, -0.05) is 36.4 Å². The number of rotatable bonds is 1. The van der Waals surface area contributed by atoms with Gasteiger partial charge in [0.25, 0.3) is 0 Å². The fourth-order valence-electron chi connectivity index (χ4n) is 1.89. The van der Waals surface area contributed by atoms with Crippen molar-refractivity contribution in [3.63, 3.8) is 0 Å². The molecule has 0 radical (unpaired) electrons. The van der Waals surface area contributed by atoms with Crippen LogP contribution in [0.5, 0.6) is 0 Å². The Bertz CT molecular complexity index is 640. The van der Waals surface area contributed by atoms with Gasteiger partial charge in [-0.25, -0.2) is 0 Å². The van der Waals surface area contributed by atoms with E-state index in [1.807, 2.05) is 0 Å². The molecule has 2 aromatic carbocycles. The molecule has 0 fully saturated rings. The summed E-state index contributed by atoms with van der Waals surface area (Å²) in [5.74, 6) is 0. The largest absolute Gasteiger partial charge is 0.418 e. The molecule has 96 valence electrons. The topological polar surface area (TPSA) is 49.8 Å². The van der Waals surface area contributed by atoms with Gasteiger partial charge in [-0.3, -0.25) is 0 Å². The summed E-state index contributed by atoms with van der Waals surface area (Å²) >= 11 is 0. The molecule has 5 heteroatoms. The number of nitrogen functional groups attached to an aromatic ring is 1. The predicted molar refractivity (Wildman–Crippen MR) is 66.0 cm³/mol. The molecule has 19 heavy (non-hydrogen) atoms. The van der Waals surface area contributed by atoms with Crippen molar-refractivity contribution in [2.75, 3.05) is 5.73 Å². The average Bonchev–Trinajstić information content (AvgIpc) is 2.38. The molecule has 2 rings (SSSR count). The molecule has 0 saturated carbocycles. The van der Waals surface area contributed by atoms with Gasteiger partial charge in [0.2, 0.25) is 0 Å². The van der Waals surface area contributed by atoms with E-state index in [-0.39, 0.29) is 11.3 Å².